The number of amides is 1. The van der Waals surface area contributed by atoms with Crippen molar-refractivity contribution in [3.05, 3.63) is 52.8 Å². The zero-order valence-electron chi connectivity index (χ0n) is 13.7. The van der Waals surface area contributed by atoms with Crippen LogP contribution in [0.4, 0.5) is 5.95 Å². The van der Waals surface area contributed by atoms with Gasteiger partial charge in [-0.15, -0.1) is 0 Å². The van der Waals surface area contributed by atoms with Crippen LogP contribution in [0, 0.1) is 13.8 Å². The Labute approximate surface area is 136 Å². The van der Waals surface area contributed by atoms with Gasteiger partial charge in [-0.3, -0.25) is 4.79 Å². The first-order valence-corrected chi connectivity index (χ1v) is 8.02. The molecule has 1 amide bonds. The van der Waals surface area contributed by atoms with Crippen LogP contribution in [0.5, 0.6) is 0 Å². The molecule has 0 radical (unpaired) electrons. The molecule has 1 N–H and O–H groups in total. The van der Waals surface area contributed by atoms with Gasteiger partial charge in [0.1, 0.15) is 0 Å². The zero-order valence-corrected chi connectivity index (χ0v) is 13.7. The Morgan fingerprint density at radius 3 is 2.48 bits per heavy atom. The Balaban J connectivity index is 1.71. The zero-order chi connectivity index (χ0) is 16.2. The number of hydrogen-bond acceptors (Lipinski definition) is 4. The fourth-order valence-corrected chi connectivity index (χ4v) is 2.94. The van der Waals surface area contributed by atoms with Crippen LogP contribution >= 0.6 is 0 Å². The summed E-state index contributed by atoms with van der Waals surface area (Å²) in [6, 6.07) is 10.2. The molecule has 3 rings (SSSR count). The summed E-state index contributed by atoms with van der Waals surface area (Å²) in [7, 11) is 0. The second-order valence-corrected chi connectivity index (χ2v) is 6.02. The quantitative estimate of drug-likeness (QED) is 0.922. The van der Waals surface area contributed by atoms with E-state index in [0.29, 0.717) is 25.5 Å². The fraction of sp³-hybridized carbons (Fsp3) is 0.389. The Bertz CT molecular complexity index is 694. The van der Waals surface area contributed by atoms with Crippen LogP contribution in [0.25, 0.3) is 0 Å². The minimum Gasteiger partial charge on any atom is -0.350 e. The fourth-order valence-electron chi connectivity index (χ4n) is 2.94. The summed E-state index contributed by atoms with van der Waals surface area (Å²) in [5.41, 5.74) is 4.27. The summed E-state index contributed by atoms with van der Waals surface area (Å²) in [6.45, 7) is 6.13. The van der Waals surface area contributed by atoms with Gasteiger partial charge in [0.05, 0.1) is 0 Å². The number of anilines is 1. The molecular formula is C18H22N4O. The lowest BCUT2D eigenvalue weighted by Gasteiger charge is -2.18. The molecule has 1 fully saturated rings. The van der Waals surface area contributed by atoms with Gasteiger partial charge in [-0.1, -0.05) is 24.3 Å². The third-order valence-electron chi connectivity index (χ3n) is 4.07. The van der Waals surface area contributed by atoms with E-state index >= 15 is 0 Å². The molecule has 0 aliphatic carbocycles. The van der Waals surface area contributed by atoms with Gasteiger partial charge in [0.25, 0.3) is 0 Å². The van der Waals surface area contributed by atoms with Gasteiger partial charge in [0, 0.05) is 37.4 Å². The lowest BCUT2D eigenvalue weighted by molar-refractivity contribution is -0.128. The van der Waals surface area contributed by atoms with Crippen LogP contribution in [0.15, 0.2) is 30.3 Å². The minimum atomic E-state index is 0.255. The van der Waals surface area contributed by atoms with Crippen LogP contribution in [0.1, 0.15) is 35.4 Å². The number of carbonyl (C=O) groups excluding carboxylic acids is 1. The summed E-state index contributed by atoms with van der Waals surface area (Å²) in [6.07, 6.45) is 1.65. The van der Waals surface area contributed by atoms with Gasteiger partial charge in [-0.25, -0.2) is 9.97 Å². The number of rotatable bonds is 5. The van der Waals surface area contributed by atoms with Crippen molar-refractivity contribution in [3.8, 4) is 0 Å². The van der Waals surface area contributed by atoms with Gasteiger partial charge in [0.2, 0.25) is 11.9 Å². The van der Waals surface area contributed by atoms with Crippen molar-refractivity contribution in [2.75, 3.05) is 11.9 Å². The van der Waals surface area contributed by atoms with Crippen LogP contribution < -0.4 is 5.32 Å². The maximum absolute atomic E-state index is 11.8. The van der Waals surface area contributed by atoms with Crippen molar-refractivity contribution in [2.24, 2.45) is 0 Å². The van der Waals surface area contributed by atoms with E-state index in [0.717, 1.165) is 24.4 Å². The molecule has 2 aromatic rings. The molecule has 0 saturated carbocycles. The SMILES string of the molecule is Cc1cc(C)nc(NCc2ccccc2CN2CCCC2=O)n1. The van der Waals surface area contributed by atoms with Crippen LogP contribution in [0.3, 0.4) is 0 Å². The van der Waals surface area contributed by atoms with E-state index in [1.54, 1.807) is 0 Å². The number of benzene rings is 1. The Morgan fingerprint density at radius 1 is 1.13 bits per heavy atom. The highest BCUT2D eigenvalue weighted by molar-refractivity contribution is 5.78. The van der Waals surface area contributed by atoms with E-state index in [-0.39, 0.29) is 5.91 Å². The molecular weight excluding hydrogens is 288 g/mol. The highest BCUT2D eigenvalue weighted by atomic mass is 16.2. The van der Waals surface area contributed by atoms with Crippen LogP contribution in [-0.2, 0) is 17.9 Å². The average molecular weight is 310 g/mol. The number of likely N-dealkylation sites (tertiary alicyclic amines) is 1. The number of nitrogens with zero attached hydrogens (tertiary/aromatic N) is 3. The summed E-state index contributed by atoms with van der Waals surface area (Å²) in [5.74, 6) is 0.903. The monoisotopic (exact) mass is 310 g/mol. The summed E-state index contributed by atoms with van der Waals surface area (Å²) in [5, 5.41) is 3.29. The summed E-state index contributed by atoms with van der Waals surface area (Å²) in [4.78, 5) is 22.6. The predicted octanol–water partition coefficient (Wildman–Crippen LogP) is 2.83. The second-order valence-electron chi connectivity index (χ2n) is 6.02. The Kier molecular flexibility index (Phi) is 4.55. The molecule has 2 heterocycles. The van der Waals surface area contributed by atoms with Crippen molar-refractivity contribution >= 4 is 11.9 Å². The van der Waals surface area contributed by atoms with E-state index < -0.39 is 0 Å². The molecule has 0 unspecified atom stereocenters. The minimum absolute atomic E-state index is 0.255. The van der Waals surface area contributed by atoms with E-state index in [2.05, 4.69) is 27.4 Å². The smallest absolute Gasteiger partial charge is 0.223 e. The first-order valence-electron chi connectivity index (χ1n) is 8.02. The predicted molar refractivity (Wildman–Crippen MR) is 89.9 cm³/mol. The number of carbonyl (C=O) groups is 1. The van der Waals surface area contributed by atoms with Crippen molar-refractivity contribution < 1.29 is 4.79 Å². The number of aromatic nitrogens is 2. The number of aryl methyl sites for hydroxylation is 2. The van der Waals surface area contributed by atoms with Gasteiger partial charge < -0.3 is 10.2 Å². The van der Waals surface area contributed by atoms with Gasteiger partial charge >= 0.3 is 0 Å². The molecule has 120 valence electrons. The van der Waals surface area contributed by atoms with E-state index in [1.807, 2.05) is 36.9 Å². The molecule has 1 aliphatic rings. The van der Waals surface area contributed by atoms with Crippen molar-refractivity contribution in [2.45, 2.75) is 39.8 Å². The number of nitrogens with one attached hydrogen (secondary N) is 1. The van der Waals surface area contributed by atoms with Gasteiger partial charge in [-0.05, 0) is 37.5 Å². The second kappa shape index (κ2) is 6.77. The maximum Gasteiger partial charge on any atom is 0.223 e. The molecule has 0 spiro atoms. The molecule has 1 saturated heterocycles. The Morgan fingerprint density at radius 2 is 1.83 bits per heavy atom. The maximum atomic E-state index is 11.8. The molecule has 0 atom stereocenters. The standard InChI is InChI=1S/C18H22N4O/c1-13-10-14(2)21-18(20-13)19-11-15-6-3-4-7-16(15)12-22-9-5-8-17(22)23/h3-4,6-7,10H,5,8-9,11-12H2,1-2H3,(H,19,20,21). The molecule has 1 aromatic heterocycles. The largest absolute Gasteiger partial charge is 0.350 e. The van der Waals surface area contributed by atoms with Crippen molar-refractivity contribution in [3.63, 3.8) is 0 Å². The van der Waals surface area contributed by atoms with Gasteiger partial charge in [0.15, 0.2) is 0 Å². The van der Waals surface area contributed by atoms with Crippen molar-refractivity contribution in [1.82, 2.24) is 14.9 Å². The normalized spacial score (nSPS) is 14.3. The number of hydrogen-bond donors (Lipinski definition) is 1. The van der Waals surface area contributed by atoms with Crippen molar-refractivity contribution in [1.29, 1.82) is 0 Å². The summed E-state index contributed by atoms with van der Waals surface area (Å²) >= 11 is 0. The third kappa shape index (κ3) is 3.86. The highest BCUT2D eigenvalue weighted by Gasteiger charge is 2.20. The highest BCUT2D eigenvalue weighted by Crippen LogP contribution is 2.18. The van der Waals surface area contributed by atoms with Gasteiger partial charge in [-0.2, -0.15) is 0 Å². The molecule has 5 nitrogen and oxygen atoms in total. The Hall–Kier alpha value is -2.43. The van der Waals surface area contributed by atoms with Crippen LogP contribution in [0.2, 0.25) is 0 Å². The molecule has 1 aliphatic heterocycles. The first kappa shape index (κ1) is 15.5. The van der Waals surface area contributed by atoms with E-state index in [1.165, 1.54) is 11.1 Å². The molecule has 5 heteroatoms. The first-order chi connectivity index (χ1) is 11.1. The lowest BCUT2D eigenvalue weighted by atomic mass is 10.1. The topological polar surface area (TPSA) is 58.1 Å². The molecule has 0 bridgehead atoms. The van der Waals surface area contributed by atoms with E-state index in [9.17, 15) is 4.79 Å². The van der Waals surface area contributed by atoms with E-state index in [4.69, 9.17) is 0 Å². The lowest BCUT2D eigenvalue weighted by Crippen LogP contribution is -2.24. The third-order valence-corrected chi connectivity index (χ3v) is 4.07. The summed E-state index contributed by atoms with van der Waals surface area (Å²) < 4.78 is 0. The average Bonchev–Trinajstić information content (AvgIpc) is 2.91. The molecule has 1 aromatic carbocycles. The molecule has 23 heavy (non-hydrogen) atoms. The van der Waals surface area contributed by atoms with Crippen LogP contribution in [-0.4, -0.2) is 27.3 Å².